The van der Waals surface area contributed by atoms with Gasteiger partial charge in [-0.2, -0.15) is 5.10 Å². The fourth-order valence-corrected chi connectivity index (χ4v) is 3.12. The predicted octanol–water partition coefficient (Wildman–Crippen LogP) is 3.53. The number of anilines is 1. The number of ether oxygens (including phenoxy) is 2. The average Bonchev–Trinajstić information content (AvgIpc) is 3.30. The topological polar surface area (TPSA) is 119 Å². The van der Waals surface area contributed by atoms with Crippen molar-refractivity contribution in [1.82, 2.24) is 10.2 Å². The van der Waals surface area contributed by atoms with Gasteiger partial charge in [0.25, 0.3) is 5.91 Å². The van der Waals surface area contributed by atoms with Crippen LogP contribution >= 0.6 is 0 Å². The number of primary amides is 1. The Bertz CT molecular complexity index is 1070. The van der Waals surface area contributed by atoms with Gasteiger partial charge in [-0.25, -0.2) is 4.79 Å². The molecule has 0 saturated heterocycles. The zero-order valence-electron chi connectivity index (χ0n) is 16.5. The standard InChI is InChI=1S/C22H22N4O4/c1-14-3-2-4-15(9-14)13-29-21(28)26-18-6-5-16(17-11-24-25-12-17)10-19(18)30-22(7-8-22)20(23)27/h2-6,9-12H,7-8,13H2,1H3,(H2,23,27)(H,24,25)(H,26,28). The van der Waals surface area contributed by atoms with Gasteiger partial charge in [0.2, 0.25) is 0 Å². The fourth-order valence-electron chi connectivity index (χ4n) is 3.12. The molecule has 1 aromatic heterocycles. The van der Waals surface area contributed by atoms with E-state index in [-0.39, 0.29) is 6.61 Å². The zero-order chi connectivity index (χ0) is 21.1. The van der Waals surface area contributed by atoms with Gasteiger partial charge in [-0.15, -0.1) is 0 Å². The normalized spacial score (nSPS) is 14.0. The first kappa shape index (κ1) is 19.5. The molecule has 0 aliphatic heterocycles. The largest absolute Gasteiger partial charge is 0.475 e. The third-order valence-corrected chi connectivity index (χ3v) is 4.96. The molecule has 154 valence electrons. The highest BCUT2D eigenvalue weighted by Gasteiger charge is 2.52. The number of benzene rings is 2. The fraction of sp³-hybridized carbons (Fsp3) is 0.227. The number of nitrogens with two attached hydrogens (primary N) is 1. The van der Waals surface area contributed by atoms with E-state index in [0.717, 1.165) is 22.3 Å². The van der Waals surface area contributed by atoms with Gasteiger partial charge in [-0.3, -0.25) is 15.2 Å². The van der Waals surface area contributed by atoms with E-state index in [4.69, 9.17) is 15.2 Å². The molecule has 2 aromatic carbocycles. The van der Waals surface area contributed by atoms with Crippen LogP contribution < -0.4 is 15.8 Å². The Morgan fingerprint density at radius 3 is 2.70 bits per heavy atom. The molecule has 30 heavy (non-hydrogen) atoms. The Balaban J connectivity index is 1.52. The predicted molar refractivity (Wildman–Crippen MR) is 111 cm³/mol. The van der Waals surface area contributed by atoms with Crippen molar-refractivity contribution in [3.63, 3.8) is 0 Å². The first-order valence-corrected chi connectivity index (χ1v) is 9.57. The van der Waals surface area contributed by atoms with Crippen LogP contribution in [0.2, 0.25) is 0 Å². The number of nitrogens with one attached hydrogen (secondary N) is 2. The van der Waals surface area contributed by atoms with Crippen molar-refractivity contribution in [2.45, 2.75) is 32.0 Å². The summed E-state index contributed by atoms with van der Waals surface area (Å²) in [4.78, 5) is 24.1. The Kier molecular flexibility index (Phi) is 5.14. The van der Waals surface area contributed by atoms with Crippen molar-refractivity contribution in [3.05, 3.63) is 66.0 Å². The zero-order valence-corrected chi connectivity index (χ0v) is 16.5. The average molecular weight is 406 g/mol. The Labute approximate surface area is 173 Å². The Hall–Kier alpha value is -3.81. The van der Waals surface area contributed by atoms with Gasteiger partial charge in [0.05, 0.1) is 11.9 Å². The molecule has 1 heterocycles. The third kappa shape index (κ3) is 4.27. The molecule has 0 atom stereocenters. The van der Waals surface area contributed by atoms with Gasteiger partial charge in [0.1, 0.15) is 12.4 Å². The van der Waals surface area contributed by atoms with Crippen LogP contribution in [0.25, 0.3) is 11.1 Å². The van der Waals surface area contributed by atoms with Gasteiger partial charge < -0.3 is 15.2 Å². The molecule has 1 aliphatic rings. The number of aromatic amines is 1. The summed E-state index contributed by atoms with van der Waals surface area (Å²) in [6.07, 6.45) is 3.86. The Morgan fingerprint density at radius 1 is 1.20 bits per heavy atom. The minimum absolute atomic E-state index is 0.141. The smallest absolute Gasteiger partial charge is 0.412 e. The van der Waals surface area contributed by atoms with E-state index in [9.17, 15) is 9.59 Å². The maximum atomic E-state index is 12.4. The monoisotopic (exact) mass is 406 g/mol. The highest BCUT2D eigenvalue weighted by molar-refractivity contribution is 5.90. The van der Waals surface area contributed by atoms with Gasteiger partial charge in [-0.1, -0.05) is 35.9 Å². The summed E-state index contributed by atoms with van der Waals surface area (Å²) in [7, 11) is 0. The summed E-state index contributed by atoms with van der Waals surface area (Å²) in [5.41, 5.74) is 8.50. The summed E-state index contributed by atoms with van der Waals surface area (Å²) in [5, 5.41) is 9.39. The summed E-state index contributed by atoms with van der Waals surface area (Å²) < 4.78 is 11.3. The molecule has 0 radical (unpaired) electrons. The van der Waals surface area contributed by atoms with Crippen molar-refractivity contribution < 1.29 is 19.1 Å². The highest BCUT2D eigenvalue weighted by Crippen LogP contribution is 2.43. The minimum atomic E-state index is -1.03. The van der Waals surface area contributed by atoms with Gasteiger partial charge >= 0.3 is 6.09 Å². The van der Waals surface area contributed by atoms with Crippen LogP contribution in [0.1, 0.15) is 24.0 Å². The maximum Gasteiger partial charge on any atom is 0.412 e. The first-order chi connectivity index (χ1) is 14.4. The van der Waals surface area contributed by atoms with Crippen molar-refractivity contribution in [2.24, 2.45) is 5.73 Å². The molecule has 4 N–H and O–H groups in total. The van der Waals surface area contributed by atoms with Crippen LogP contribution in [-0.2, 0) is 16.1 Å². The summed E-state index contributed by atoms with van der Waals surface area (Å²) in [6.45, 7) is 2.11. The number of aryl methyl sites for hydroxylation is 1. The molecule has 2 amide bonds. The highest BCUT2D eigenvalue weighted by atomic mass is 16.5. The van der Waals surface area contributed by atoms with Crippen LogP contribution in [0.3, 0.4) is 0 Å². The molecule has 0 unspecified atom stereocenters. The number of nitrogens with zero attached hydrogens (tertiary/aromatic N) is 1. The minimum Gasteiger partial charge on any atom is -0.475 e. The molecule has 8 heteroatoms. The van der Waals surface area contributed by atoms with Crippen LogP contribution in [0.5, 0.6) is 5.75 Å². The summed E-state index contributed by atoms with van der Waals surface area (Å²) in [5.74, 6) is -0.179. The molecule has 0 spiro atoms. The molecule has 1 fully saturated rings. The van der Waals surface area contributed by atoms with E-state index in [1.165, 1.54) is 0 Å². The summed E-state index contributed by atoms with van der Waals surface area (Å²) >= 11 is 0. The molecule has 8 nitrogen and oxygen atoms in total. The second-order valence-corrected chi connectivity index (χ2v) is 7.35. The molecule has 0 bridgehead atoms. The number of hydrogen-bond donors (Lipinski definition) is 3. The molecule has 4 rings (SSSR count). The molecule has 1 saturated carbocycles. The number of carbonyl (C=O) groups is 2. The van der Waals surface area contributed by atoms with E-state index < -0.39 is 17.6 Å². The number of aromatic nitrogens is 2. The quantitative estimate of drug-likeness (QED) is 0.554. The van der Waals surface area contributed by atoms with Gasteiger partial charge in [-0.05, 0) is 30.2 Å². The first-order valence-electron chi connectivity index (χ1n) is 9.57. The lowest BCUT2D eigenvalue weighted by Gasteiger charge is -2.19. The van der Waals surface area contributed by atoms with E-state index in [2.05, 4.69) is 15.5 Å². The van der Waals surface area contributed by atoms with E-state index in [1.54, 1.807) is 24.5 Å². The molecular formula is C22H22N4O4. The molecule has 3 aromatic rings. The lowest BCUT2D eigenvalue weighted by Crippen LogP contribution is -2.36. The number of H-pyrrole nitrogens is 1. The lowest BCUT2D eigenvalue weighted by molar-refractivity contribution is -0.126. The number of carbonyl (C=O) groups excluding carboxylic acids is 2. The maximum absolute atomic E-state index is 12.4. The molecular weight excluding hydrogens is 384 g/mol. The van der Waals surface area contributed by atoms with Crippen molar-refractivity contribution >= 4 is 17.7 Å². The second-order valence-electron chi connectivity index (χ2n) is 7.35. The molecule has 1 aliphatic carbocycles. The lowest BCUT2D eigenvalue weighted by atomic mass is 10.1. The van der Waals surface area contributed by atoms with Crippen molar-refractivity contribution in [1.29, 1.82) is 0 Å². The van der Waals surface area contributed by atoms with Crippen LogP contribution in [0.4, 0.5) is 10.5 Å². The second kappa shape index (κ2) is 7.90. The van der Waals surface area contributed by atoms with Crippen molar-refractivity contribution in [2.75, 3.05) is 5.32 Å². The van der Waals surface area contributed by atoms with Crippen molar-refractivity contribution in [3.8, 4) is 16.9 Å². The third-order valence-electron chi connectivity index (χ3n) is 4.96. The SMILES string of the molecule is Cc1cccc(COC(=O)Nc2ccc(-c3cn[nH]c3)cc2OC2(C(N)=O)CC2)c1. The van der Waals surface area contributed by atoms with E-state index in [1.807, 2.05) is 37.3 Å². The number of amides is 2. The van der Waals surface area contributed by atoms with Crippen LogP contribution in [0.15, 0.2) is 54.9 Å². The van der Waals surface area contributed by atoms with Crippen LogP contribution in [-0.4, -0.2) is 27.8 Å². The van der Waals surface area contributed by atoms with E-state index >= 15 is 0 Å². The number of rotatable bonds is 7. The summed E-state index contributed by atoms with van der Waals surface area (Å²) in [6, 6.07) is 13.0. The van der Waals surface area contributed by atoms with E-state index in [0.29, 0.717) is 24.3 Å². The number of hydrogen-bond acceptors (Lipinski definition) is 5. The van der Waals surface area contributed by atoms with Gasteiger partial charge in [0, 0.05) is 24.6 Å². The van der Waals surface area contributed by atoms with Crippen LogP contribution in [0, 0.1) is 6.92 Å². The van der Waals surface area contributed by atoms with Gasteiger partial charge in [0.15, 0.2) is 5.60 Å². The Morgan fingerprint density at radius 2 is 2.03 bits per heavy atom.